The van der Waals surface area contributed by atoms with Crippen LogP contribution in [0, 0.1) is 0 Å². The molecule has 0 saturated carbocycles. The average molecular weight is 388 g/mol. The van der Waals surface area contributed by atoms with Crippen molar-refractivity contribution >= 4 is 23.7 Å². The molecule has 1 aromatic carbocycles. The predicted octanol–water partition coefficient (Wildman–Crippen LogP) is 1.05. The third-order valence-electron chi connectivity index (χ3n) is 4.53. The molecule has 0 radical (unpaired) electrons. The Morgan fingerprint density at radius 1 is 1.21 bits per heavy atom. The van der Waals surface area contributed by atoms with Gasteiger partial charge in [-0.15, -0.1) is 6.58 Å². The number of carbonyl (C=O) groups excluding carboxylic acids is 4. The van der Waals surface area contributed by atoms with Crippen molar-refractivity contribution in [3.05, 3.63) is 48.0 Å². The van der Waals surface area contributed by atoms with Crippen molar-refractivity contribution in [2.24, 2.45) is 0 Å². The number of amides is 3. The molecule has 2 unspecified atom stereocenters. The largest absolute Gasteiger partial charge is 0.467 e. The van der Waals surface area contributed by atoms with Crippen LogP contribution in [-0.2, 0) is 14.3 Å². The number of benzene rings is 1. The second kappa shape index (κ2) is 9.80. The third-order valence-corrected chi connectivity index (χ3v) is 4.53. The van der Waals surface area contributed by atoms with E-state index in [1.165, 1.54) is 25.3 Å². The summed E-state index contributed by atoms with van der Waals surface area (Å²) in [6.45, 7) is 3.56. The van der Waals surface area contributed by atoms with Crippen molar-refractivity contribution in [3.8, 4) is 0 Å². The van der Waals surface area contributed by atoms with Crippen LogP contribution in [-0.4, -0.2) is 59.5 Å². The summed E-state index contributed by atoms with van der Waals surface area (Å²) < 4.78 is 4.72. The monoisotopic (exact) mass is 388 g/mol. The summed E-state index contributed by atoms with van der Waals surface area (Å²) in [6.07, 6.45) is 2.71. The van der Waals surface area contributed by atoms with E-state index >= 15 is 0 Å². The number of aliphatic hydroxyl groups is 1. The second-order valence-corrected chi connectivity index (χ2v) is 6.37. The van der Waals surface area contributed by atoms with E-state index in [9.17, 15) is 19.2 Å². The summed E-state index contributed by atoms with van der Waals surface area (Å²) in [5.74, 6) is -2.39. The number of nitrogens with one attached hydrogen (secondary N) is 1. The minimum atomic E-state index is -1.13. The van der Waals surface area contributed by atoms with Gasteiger partial charge in [0.05, 0.1) is 18.2 Å². The van der Waals surface area contributed by atoms with Gasteiger partial charge in [0, 0.05) is 6.61 Å². The molecule has 0 fully saturated rings. The van der Waals surface area contributed by atoms with Crippen LogP contribution < -0.4 is 5.32 Å². The topological polar surface area (TPSA) is 113 Å². The molecular formula is C20H24N2O6. The number of imide groups is 1. The molecule has 1 aliphatic rings. The Hall–Kier alpha value is -3.00. The molecule has 1 heterocycles. The molecule has 3 amide bonds. The molecule has 0 aromatic heterocycles. The molecule has 0 saturated heterocycles. The minimum absolute atomic E-state index is 0.0318. The zero-order chi connectivity index (χ0) is 20.7. The Morgan fingerprint density at radius 3 is 2.32 bits per heavy atom. The van der Waals surface area contributed by atoms with E-state index < -0.39 is 35.8 Å². The van der Waals surface area contributed by atoms with Crippen LogP contribution in [0.2, 0.25) is 0 Å². The molecular weight excluding hydrogens is 364 g/mol. The van der Waals surface area contributed by atoms with Gasteiger partial charge < -0.3 is 15.2 Å². The molecule has 2 N–H and O–H groups in total. The molecule has 0 spiro atoms. The summed E-state index contributed by atoms with van der Waals surface area (Å²) in [4.78, 5) is 51.1. The highest BCUT2D eigenvalue weighted by Gasteiger charge is 2.42. The summed E-state index contributed by atoms with van der Waals surface area (Å²) >= 11 is 0. The van der Waals surface area contributed by atoms with Gasteiger partial charge in [-0.25, -0.2) is 4.79 Å². The molecule has 150 valence electrons. The van der Waals surface area contributed by atoms with Crippen LogP contribution >= 0.6 is 0 Å². The minimum Gasteiger partial charge on any atom is -0.467 e. The second-order valence-electron chi connectivity index (χ2n) is 6.37. The third kappa shape index (κ3) is 4.45. The number of aliphatic hydroxyl groups excluding tert-OH is 1. The summed E-state index contributed by atoms with van der Waals surface area (Å²) in [5, 5.41) is 11.5. The van der Waals surface area contributed by atoms with Crippen LogP contribution in [0.15, 0.2) is 36.9 Å². The van der Waals surface area contributed by atoms with Gasteiger partial charge in [0.1, 0.15) is 12.1 Å². The normalized spacial score (nSPS) is 15.0. The van der Waals surface area contributed by atoms with Crippen molar-refractivity contribution in [1.82, 2.24) is 10.2 Å². The van der Waals surface area contributed by atoms with Gasteiger partial charge in [0.15, 0.2) is 0 Å². The maximum atomic E-state index is 12.9. The van der Waals surface area contributed by atoms with E-state index in [4.69, 9.17) is 9.84 Å². The molecule has 0 bridgehead atoms. The molecule has 1 aromatic rings. The fraction of sp³-hybridized carbons (Fsp3) is 0.400. The summed E-state index contributed by atoms with van der Waals surface area (Å²) in [5.41, 5.74) is 0.476. The van der Waals surface area contributed by atoms with Crippen LogP contribution in [0.4, 0.5) is 0 Å². The smallest absolute Gasteiger partial charge is 0.328 e. The standard InChI is InChI=1S/C20H24N2O6/c1-3-8-16(17(24)21-15(20(27)28-2)11-6-7-12-23)22-18(25)13-9-4-5-10-14(13)19(22)26/h3-5,9-10,15-16,23H,1,6-8,11-12H2,2H3,(H,21,24). The van der Waals surface area contributed by atoms with Gasteiger partial charge in [-0.3, -0.25) is 19.3 Å². The van der Waals surface area contributed by atoms with Crippen molar-refractivity contribution in [2.45, 2.75) is 37.8 Å². The first kappa shape index (κ1) is 21.3. The lowest BCUT2D eigenvalue weighted by molar-refractivity contribution is -0.145. The number of carbonyl (C=O) groups is 4. The lowest BCUT2D eigenvalue weighted by Gasteiger charge is -2.26. The highest BCUT2D eigenvalue weighted by Crippen LogP contribution is 2.26. The molecule has 8 heteroatoms. The number of rotatable bonds is 10. The molecule has 1 aliphatic heterocycles. The predicted molar refractivity (Wildman–Crippen MR) is 100 cm³/mol. The van der Waals surface area contributed by atoms with E-state index in [1.807, 2.05) is 0 Å². The Morgan fingerprint density at radius 2 is 1.82 bits per heavy atom. The van der Waals surface area contributed by atoms with E-state index in [2.05, 4.69) is 11.9 Å². The zero-order valence-electron chi connectivity index (χ0n) is 15.7. The Bertz CT molecular complexity index is 741. The van der Waals surface area contributed by atoms with Crippen molar-refractivity contribution in [3.63, 3.8) is 0 Å². The van der Waals surface area contributed by atoms with Gasteiger partial charge in [-0.05, 0) is 37.8 Å². The highest BCUT2D eigenvalue weighted by atomic mass is 16.5. The van der Waals surface area contributed by atoms with E-state index in [0.29, 0.717) is 12.8 Å². The molecule has 28 heavy (non-hydrogen) atoms. The Kier molecular flexibility index (Phi) is 7.45. The number of esters is 1. The van der Waals surface area contributed by atoms with Crippen molar-refractivity contribution in [2.75, 3.05) is 13.7 Å². The SMILES string of the molecule is C=CCC(C(=O)NC(CCCCO)C(=O)OC)N1C(=O)c2ccccc2C1=O. The van der Waals surface area contributed by atoms with Gasteiger partial charge in [-0.1, -0.05) is 18.2 Å². The van der Waals surface area contributed by atoms with Crippen LogP contribution in [0.3, 0.4) is 0 Å². The van der Waals surface area contributed by atoms with Crippen molar-refractivity contribution in [1.29, 1.82) is 0 Å². The fourth-order valence-electron chi connectivity index (χ4n) is 3.10. The first-order valence-electron chi connectivity index (χ1n) is 9.03. The number of hydrogen-bond acceptors (Lipinski definition) is 6. The van der Waals surface area contributed by atoms with Gasteiger partial charge in [-0.2, -0.15) is 0 Å². The maximum Gasteiger partial charge on any atom is 0.328 e. The molecule has 2 rings (SSSR count). The molecule has 2 atom stereocenters. The number of unbranched alkanes of at least 4 members (excludes halogenated alkanes) is 1. The first-order chi connectivity index (χ1) is 13.5. The Balaban J connectivity index is 2.21. The van der Waals surface area contributed by atoms with Crippen LogP contribution in [0.1, 0.15) is 46.4 Å². The number of fused-ring (bicyclic) bond motifs is 1. The van der Waals surface area contributed by atoms with Gasteiger partial charge in [0.25, 0.3) is 11.8 Å². The van der Waals surface area contributed by atoms with Gasteiger partial charge >= 0.3 is 5.97 Å². The Labute approximate surface area is 163 Å². The molecule has 8 nitrogen and oxygen atoms in total. The first-order valence-corrected chi connectivity index (χ1v) is 9.03. The lowest BCUT2D eigenvalue weighted by Crippen LogP contribution is -2.53. The maximum absolute atomic E-state index is 12.9. The number of hydrogen-bond donors (Lipinski definition) is 2. The van der Waals surface area contributed by atoms with Crippen molar-refractivity contribution < 1.29 is 29.0 Å². The number of nitrogens with zero attached hydrogens (tertiary/aromatic N) is 1. The number of ether oxygens (including phenoxy) is 1. The number of methoxy groups -OCH3 is 1. The summed E-state index contributed by atoms with van der Waals surface area (Å²) in [6, 6.07) is 4.28. The van der Waals surface area contributed by atoms with E-state index in [0.717, 1.165) is 4.90 Å². The van der Waals surface area contributed by atoms with Crippen LogP contribution in [0.25, 0.3) is 0 Å². The van der Waals surface area contributed by atoms with Crippen LogP contribution in [0.5, 0.6) is 0 Å². The zero-order valence-corrected chi connectivity index (χ0v) is 15.7. The summed E-state index contributed by atoms with van der Waals surface area (Å²) in [7, 11) is 1.21. The molecule has 0 aliphatic carbocycles. The van der Waals surface area contributed by atoms with E-state index in [-0.39, 0.29) is 30.6 Å². The quantitative estimate of drug-likeness (QED) is 0.268. The van der Waals surface area contributed by atoms with E-state index in [1.54, 1.807) is 12.1 Å². The van der Waals surface area contributed by atoms with Gasteiger partial charge in [0.2, 0.25) is 5.91 Å². The lowest BCUT2D eigenvalue weighted by atomic mass is 10.1. The highest BCUT2D eigenvalue weighted by molar-refractivity contribution is 6.22. The fourth-order valence-corrected chi connectivity index (χ4v) is 3.10. The average Bonchev–Trinajstić information content (AvgIpc) is 2.95.